The maximum atomic E-state index is 13.0. The number of hydrogen-bond acceptors (Lipinski definition) is 3. The molecule has 1 aliphatic rings. The van der Waals surface area contributed by atoms with Crippen LogP contribution in [-0.4, -0.2) is 29.3 Å². The summed E-state index contributed by atoms with van der Waals surface area (Å²) in [5, 5.41) is 13.1. The third kappa shape index (κ3) is 6.31. The van der Waals surface area contributed by atoms with Crippen LogP contribution in [-0.2, 0) is 21.5 Å². The van der Waals surface area contributed by atoms with Gasteiger partial charge in [0.1, 0.15) is 6.04 Å². The Kier molecular flexibility index (Phi) is 9.09. The number of rotatable bonds is 10. The summed E-state index contributed by atoms with van der Waals surface area (Å²) >= 11 is 0. The molecule has 35 heavy (non-hydrogen) atoms. The number of aryl methyl sites for hydroxylation is 2. The van der Waals surface area contributed by atoms with Crippen LogP contribution < -0.4 is 5.32 Å². The molecule has 0 aliphatic carbocycles. The second-order valence-electron chi connectivity index (χ2n) is 10.2. The molecule has 0 bridgehead atoms. The molecule has 3 rings (SSSR count). The predicted molar refractivity (Wildman–Crippen MR) is 140 cm³/mol. The molecule has 0 spiro atoms. The maximum Gasteiger partial charge on any atom is 0.243 e. The van der Waals surface area contributed by atoms with E-state index in [1.165, 1.54) is 11.1 Å². The van der Waals surface area contributed by atoms with Gasteiger partial charge in [-0.25, -0.2) is 0 Å². The minimum absolute atomic E-state index is 0.0423. The van der Waals surface area contributed by atoms with Crippen molar-refractivity contribution in [2.24, 2.45) is 5.92 Å². The van der Waals surface area contributed by atoms with E-state index < -0.39 is 5.41 Å². The molecule has 2 atom stereocenters. The lowest BCUT2D eigenvalue weighted by atomic mass is 9.69. The summed E-state index contributed by atoms with van der Waals surface area (Å²) in [5.41, 5.74) is 4.01. The van der Waals surface area contributed by atoms with E-state index in [1.807, 2.05) is 36.4 Å². The fourth-order valence-corrected chi connectivity index (χ4v) is 5.13. The molecule has 0 saturated carbocycles. The fourth-order valence-electron chi connectivity index (χ4n) is 5.13. The van der Waals surface area contributed by atoms with Gasteiger partial charge in [0.2, 0.25) is 11.8 Å². The standard InChI is InChI=1S/C30H39N3O2/c1-22(2)30(21-31,26-11-6-5-7-12-26)17-9-8-14-28(34)33-18-10-13-27(33)29(35)32-20-25-16-15-23(3)24(4)19-25/h5-7,11-12,15-16,19,22,27H,8-10,13-14,17-18,20H2,1-4H3,(H,32,35)/t27-,30?/m1/s1. The minimum atomic E-state index is -0.547. The Labute approximate surface area is 210 Å². The highest BCUT2D eigenvalue weighted by Gasteiger charge is 2.36. The van der Waals surface area contributed by atoms with Crippen LogP contribution >= 0.6 is 0 Å². The van der Waals surface area contributed by atoms with Gasteiger partial charge in [-0.3, -0.25) is 9.59 Å². The Bertz CT molecular complexity index is 1060. The minimum Gasteiger partial charge on any atom is -0.350 e. The molecule has 5 heteroatoms. The molecule has 1 aliphatic heterocycles. The molecule has 1 fully saturated rings. The van der Waals surface area contributed by atoms with Crippen molar-refractivity contribution in [1.29, 1.82) is 5.26 Å². The quantitative estimate of drug-likeness (QED) is 0.457. The van der Waals surface area contributed by atoms with E-state index in [0.717, 1.165) is 36.8 Å². The van der Waals surface area contributed by atoms with Crippen molar-refractivity contribution >= 4 is 11.8 Å². The number of carbonyl (C=O) groups excluding carboxylic acids is 2. The number of benzene rings is 2. The van der Waals surface area contributed by atoms with E-state index in [0.29, 0.717) is 25.9 Å². The lowest BCUT2D eigenvalue weighted by molar-refractivity contribution is -0.138. The fraction of sp³-hybridized carbons (Fsp3) is 0.500. The van der Waals surface area contributed by atoms with Gasteiger partial charge < -0.3 is 10.2 Å². The van der Waals surface area contributed by atoms with Gasteiger partial charge in [-0.2, -0.15) is 5.26 Å². The summed E-state index contributed by atoms with van der Waals surface area (Å²) in [6.07, 6.45) is 4.21. The second-order valence-corrected chi connectivity index (χ2v) is 10.2. The topological polar surface area (TPSA) is 73.2 Å². The van der Waals surface area contributed by atoms with Crippen LogP contribution in [0.15, 0.2) is 48.5 Å². The number of nitrogens with zero attached hydrogens (tertiary/aromatic N) is 2. The molecule has 1 unspecified atom stereocenters. The molecule has 2 aromatic rings. The zero-order valence-electron chi connectivity index (χ0n) is 21.6. The Balaban J connectivity index is 1.52. The van der Waals surface area contributed by atoms with E-state index in [9.17, 15) is 14.9 Å². The summed E-state index contributed by atoms with van der Waals surface area (Å²) in [6, 6.07) is 18.4. The number of hydrogen-bond donors (Lipinski definition) is 1. The predicted octanol–water partition coefficient (Wildman–Crippen LogP) is 5.59. The van der Waals surface area contributed by atoms with Crippen molar-refractivity contribution in [2.45, 2.75) is 84.2 Å². The highest BCUT2D eigenvalue weighted by molar-refractivity contribution is 5.88. The molecule has 2 amide bonds. The van der Waals surface area contributed by atoms with E-state index in [4.69, 9.17) is 0 Å². The van der Waals surface area contributed by atoms with Gasteiger partial charge in [0.05, 0.1) is 11.5 Å². The number of likely N-dealkylation sites (tertiary alicyclic amines) is 1. The molecule has 1 heterocycles. The molecule has 5 nitrogen and oxygen atoms in total. The molecule has 2 aromatic carbocycles. The highest BCUT2D eigenvalue weighted by Crippen LogP contribution is 2.37. The van der Waals surface area contributed by atoms with Gasteiger partial charge in [0.15, 0.2) is 0 Å². The molecular formula is C30H39N3O2. The van der Waals surface area contributed by atoms with Crippen molar-refractivity contribution in [3.05, 3.63) is 70.8 Å². The third-order valence-corrected chi connectivity index (χ3v) is 7.60. The maximum absolute atomic E-state index is 13.0. The van der Waals surface area contributed by atoms with E-state index in [2.05, 4.69) is 51.2 Å². The zero-order valence-corrected chi connectivity index (χ0v) is 21.6. The summed E-state index contributed by atoms with van der Waals surface area (Å²) in [6.45, 7) is 9.44. The first-order chi connectivity index (χ1) is 16.8. The van der Waals surface area contributed by atoms with E-state index in [-0.39, 0.29) is 23.8 Å². The van der Waals surface area contributed by atoms with E-state index >= 15 is 0 Å². The number of carbonyl (C=O) groups is 2. The van der Waals surface area contributed by atoms with Gasteiger partial charge >= 0.3 is 0 Å². The van der Waals surface area contributed by atoms with Gasteiger partial charge in [-0.15, -0.1) is 0 Å². The van der Waals surface area contributed by atoms with Crippen LogP contribution in [0.1, 0.15) is 74.6 Å². The van der Waals surface area contributed by atoms with Crippen molar-refractivity contribution in [1.82, 2.24) is 10.2 Å². The van der Waals surface area contributed by atoms with Crippen molar-refractivity contribution in [3.63, 3.8) is 0 Å². The van der Waals surface area contributed by atoms with E-state index in [1.54, 1.807) is 4.90 Å². The summed E-state index contributed by atoms with van der Waals surface area (Å²) < 4.78 is 0. The average molecular weight is 474 g/mol. The summed E-state index contributed by atoms with van der Waals surface area (Å²) in [7, 11) is 0. The molecule has 0 aromatic heterocycles. The average Bonchev–Trinajstić information content (AvgIpc) is 3.35. The lowest BCUT2D eigenvalue weighted by Gasteiger charge is -2.31. The number of nitriles is 1. The van der Waals surface area contributed by atoms with Crippen LogP contribution in [0, 0.1) is 31.1 Å². The van der Waals surface area contributed by atoms with Crippen molar-refractivity contribution in [2.75, 3.05) is 6.54 Å². The number of nitrogens with one attached hydrogen (secondary N) is 1. The van der Waals surface area contributed by atoms with Crippen molar-refractivity contribution in [3.8, 4) is 6.07 Å². The number of amides is 2. The first-order valence-corrected chi connectivity index (χ1v) is 12.9. The first kappa shape index (κ1) is 26.5. The highest BCUT2D eigenvalue weighted by atomic mass is 16.2. The molecule has 1 saturated heterocycles. The first-order valence-electron chi connectivity index (χ1n) is 12.9. The van der Waals surface area contributed by atoms with Crippen LogP contribution in [0.4, 0.5) is 0 Å². The smallest absolute Gasteiger partial charge is 0.243 e. The molecule has 1 N–H and O–H groups in total. The van der Waals surface area contributed by atoms with Crippen LogP contribution in [0.5, 0.6) is 0 Å². The molecule has 0 radical (unpaired) electrons. The summed E-state index contributed by atoms with van der Waals surface area (Å²) in [4.78, 5) is 27.6. The summed E-state index contributed by atoms with van der Waals surface area (Å²) in [5.74, 6) is 0.150. The van der Waals surface area contributed by atoms with Gasteiger partial charge in [0.25, 0.3) is 0 Å². The SMILES string of the molecule is Cc1ccc(CNC(=O)[C@H]2CCCN2C(=O)CCCCC(C#N)(c2ccccc2)C(C)C)cc1C. The Hall–Kier alpha value is -3.13. The molecule has 186 valence electrons. The van der Waals surface area contributed by atoms with Gasteiger partial charge in [0, 0.05) is 19.5 Å². The number of unbranched alkanes of at least 4 members (excludes halogenated alkanes) is 1. The monoisotopic (exact) mass is 473 g/mol. The van der Waals surface area contributed by atoms with Gasteiger partial charge in [-0.05, 0) is 67.7 Å². The Morgan fingerprint density at radius 2 is 1.86 bits per heavy atom. The second kappa shape index (κ2) is 12.0. The third-order valence-electron chi connectivity index (χ3n) is 7.60. The Morgan fingerprint density at radius 1 is 1.11 bits per heavy atom. The van der Waals surface area contributed by atoms with Gasteiger partial charge in [-0.1, -0.05) is 68.8 Å². The molecular weight excluding hydrogens is 434 g/mol. The lowest BCUT2D eigenvalue weighted by Crippen LogP contribution is -2.45. The van der Waals surface area contributed by atoms with Crippen LogP contribution in [0.3, 0.4) is 0 Å². The Morgan fingerprint density at radius 3 is 2.51 bits per heavy atom. The van der Waals surface area contributed by atoms with Crippen molar-refractivity contribution < 1.29 is 9.59 Å². The largest absolute Gasteiger partial charge is 0.350 e. The van der Waals surface area contributed by atoms with Crippen LogP contribution in [0.2, 0.25) is 0 Å². The normalized spacial score (nSPS) is 17.1. The zero-order chi connectivity index (χ0) is 25.4. The van der Waals surface area contributed by atoms with Crippen LogP contribution in [0.25, 0.3) is 0 Å².